The number of hydrogen-bond acceptors (Lipinski definition) is 2. The summed E-state index contributed by atoms with van der Waals surface area (Å²) in [7, 11) is 0. The van der Waals surface area contributed by atoms with E-state index in [1.54, 1.807) is 12.1 Å². The fraction of sp³-hybridized carbons (Fsp3) is 0.0870. The van der Waals surface area contributed by atoms with E-state index < -0.39 is 0 Å². The van der Waals surface area contributed by atoms with E-state index in [2.05, 4.69) is 5.32 Å². The molecule has 4 rings (SSSR count). The van der Waals surface area contributed by atoms with Crippen LogP contribution in [0, 0.1) is 0 Å². The van der Waals surface area contributed by atoms with Crippen molar-refractivity contribution in [3.8, 4) is 0 Å². The fourth-order valence-corrected chi connectivity index (χ4v) is 4.25. The van der Waals surface area contributed by atoms with Crippen LogP contribution >= 0.6 is 46.4 Å². The van der Waals surface area contributed by atoms with Gasteiger partial charge in [0.15, 0.2) is 0 Å². The Morgan fingerprint density at radius 1 is 0.828 bits per heavy atom. The Labute approximate surface area is 189 Å². The summed E-state index contributed by atoms with van der Waals surface area (Å²) in [6, 6.07) is 18.9. The third kappa shape index (κ3) is 4.79. The van der Waals surface area contributed by atoms with Crippen LogP contribution in [-0.2, 0) is 0 Å². The summed E-state index contributed by atoms with van der Waals surface area (Å²) in [5.41, 5.74) is 4.59. The Hall–Kier alpha value is -1.97. The van der Waals surface area contributed by atoms with Gasteiger partial charge in [-0.25, -0.2) is 0 Å². The van der Waals surface area contributed by atoms with Gasteiger partial charge in [-0.1, -0.05) is 76.7 Å². The van der Waals surface area contributed by atoms with Crippen LogP contribution in [0.2, 0.25) is 20.1 Å². The number of anilines is 1. The van der Waals surface area contributed by atoms with Crippen LogP contribution in [0.15, 0.2) is 71.7 Å². The van der Waals surface area contributed by atoms with Crippen molar-refractivity contribution < 1.29 is 0 Å². The molecule has 0 bridgehead atoms. The Balaban J connectivity index is 1.72. The zero-order valence-corrected chi connectivity index (χ0v) is 18.2. The number of fused-ring (bicyclic) bond motifs is 1. The second-order valence-electron chi connectivity index (χ2n) is 6.69. The number of aliphatic imine (C=N–C) groups is 1. The molecule has 0 amide bonds. The van der Waals surface area contributed by atoms with Gasteiger partial charge in [0.2, 0.25) is 0 Å². The number of halogens is 4. The normalized spacial score (nSPS) is 16.1. The van der Waals surface area contributed by atoms with E-state index in [9.17, 15) is 0 Å². The number of nitrogens with zero attached hydrogens (tertiary/aromatic N) is 1. The maximum absolute atomic E-state index is 6.49. The molecule has 1 heterocycles. The second kappa shape index (κ2) is 8.81. The van der Waals surface area contributed by atoms with E-state index in [0.29, 0.717) is 26.5 Å². The van der Waals surface area contributed by atoms with E-state index in [0.717, 1.165) is 28.2 Å². The topological polar surface area (TPSA) is 24.4 Å². The molecular weight excluding hydrogens is 446 g/mol. The molecule has 1 atom stereocenters. The van der Waals surface area contributed by atoms with Crippen LogP contribution in [0.1, 0.15) is 23.6 Å². The van der Waals surface area contributed by atoms with Crippen LogP contribution in [0.25, 0.3) is 6.08 Å². The van der Waals surface area contributed by atoms with E-state index in [-0.39, 0.29) is 6.04 Å². The molecule has 2 nitrogen and oxygen atoms in total. The zero-order valence-electron chi connectivity index (χ0n) is 15.2. The molecule has 1 N–H and O–H groups in total. The van der Waals surface area contributed by atoms with Crippen molar-refractivity contribution in [1.82, 2.24) is 0 Å². The third-order valence-electron chi connectivity index (χ3n) is 4.67. The lowest BCUT2D eigenvalue weighted by molar-refractivity contribution is 0.830. The maximum Gasteiger partial charge on any atom is 0.0864 e. The highest BCUT2D eigenvalue weighted by Crippen LogP contribution is 2.37. The van der Waals surface area contributed by atoms with Gasteiger partial charge in [0.1, 0.15) is 0 Å². The lowest BCUT2D eigenvalue weighted by Gasteiger charge is -2.20. The van der Waals surface area contributed by atoms with Gasteiger partial charge >= 0.3 is 0 Å². The molecule has 1 unspecified atom stereocenters. The largest absolute Gasteiger partial charge is 0.376 e. The molecule has 0 aliphatic carbocycles. The molecule has 3 aromatic carbocycles. The minimum Gasteiger partial charge on any atom is -0.376 e. The van der Waals surface area contributed by atoms with Crippen molar-refractivity contribution >= 4 is 69.6 Å². The first kappa shape index (κ1) is 20.3. The SMILES string of the molecule is Clc1ccc(C=CC2=Nc3ccccc3NC(c3ccc(Cl)cc3Cl)C2)c(Cl)c1. The number of nitrogens with one attached hydrogen (secondary N) is 1. The Morgan fingerprint density at radius 3 is 2.31 bits per heavy atom. The van der Waals surface area contributed by atoms with Crippen molar-refractivity contribution in [2.24, 2.45) is 4.99 Å². The van der Waals surface area contributed by atoms with Gasteiger partial charge in [0, 0.05) is 32.2 Å². The summed E-state index contributed by atoms with van der Waals surface area (Å²) in [5.74, 6) is 0. The summed E-state index contributed by atoms with van der Waals surface area (Å²) in [6.45, 7) is 0. The number of para-hydroxylation sites is 2. The average Bonchev–Trinajstić information content (AvgIpc) is 2.86. The van der Waals surface area contributed by atoms with E-state index in [4.69, 9.17) is 51.4 Å². The molecule has 0 spiro atoms. The van der Waals surface area contributed by atoms with Crippen molar-refractivity contribution in [2.45, 2.75) is 12.5 Å². The predicted octanol–water partition coefficient (Wildman–Crippen LogP) is 8.64. The van der Waals surface area contributed by atoms with Gasteiger partial charge in [0.25, 0.3) is 0 Å². The average molecular weight is 462 g/mol. The monoisotopic (exact) mass is 460 g/mol. The van der Waals surface area contributed by atoms with Crippen LogP contribution in [0.3, 0.4) is 0 Å². The number of rotatable bonds is 3. The molecule has 0 saturated carbocycles. The van der Waals surface area contributed by atoms with E-state index in [1.165, 1.54) is 0 Å². The maximum atomic E-state index is 6.49. The zero-order chi connectivity index (χ0) is 20.4. The first-order valence-electron chi connectivity index (χ1n) is 9.01. The highest BCUT2D eigenvalue weighted by Gasteiger charge is 2.21. The van der Waals surface area contributed by atoms with Gasteiger partial charge in [-0.3, -0.25) is 4.99 Å². The lowest BCUT2D eigenvalue weighted by Crippen LogP contribution is -2.13. The quantitative estimate of drug-likeness (QED) is 0.414. The summed E-state index contributed by atoms with van der Waals surface area (Å²) < 4.78 is 0. The third-order valence-corrected chi connectivity index (χ3v) is 5.79. The molecular formula is C23H16Cl4N2. The minimum absolute atomic E-state index is 0.0486. The first-order chi connectivity index (χ1) is 14.0. The molecule has 29 heavy (non-hydrogen) atoms. The summed E-state index contributed by atoms with van der Waals surface area (Å²) in [6.07, 6.45) is 4.58. The molecule has 0 aromatic heterocycles. The molecule has 0 saturated heterocycles. The highest BCUT2D eigenvalue weighted by atomic mass is 35.5. The number of allylic oxidation sites excluding steroid dienone is 1. The van der Waals surface area contributed by atoms with Gasteiger partial charge in [0.05, 0.1) is 17.4 Å². The fourth-order valence-electron chi connectivity index (χ4n) is 3.24. The predicted molar refractivity (Wildman–Crippen MR) is 126 cm³/mol. The Kier molecular flexibility index (Phi) is 6.17. The second-order valence-corrected chi connectivity index (χ2v) is 8.37. The first-order valence-corrected chi connectivity index (χ1v) is 10.5. The smallest absolute Gasteiger partial charge is 0.0864 e. The number of benzene rings is 3. The molecule has 0 radical (unpaired) electrons. The molecule has 1 aliphatic rings. The van der Waals surface area contributed by atoms with Gasteiger partial charge in [-0.2, -0.15) is 0 Å². The molecule has 6 heteroatoms. The van der Waals surface area contributed by atoms with Crippen LogP contribution < -0.4 is 5.32 Å². The Morgan fingerprint density at radius 2 is 1.55 bits per heavy atom. The van der Waals surface area contributed by atoms with Crippen LogP contribution in [0.4, 0.5) is 11.4 Å². The standard InChI is InChI=1S/C23H16Cl4N2/c24-15-7-5-14(19(26)11-15)6-9-17-13-23(18-10-8-16(25)12-20(18)27)29-22-4-2-1-3-21(22)28-17/h1-12,23,29H,13H2. The minimum atomic E-state index is -0.0486. The lowest BCUT2D eigenvalue weighted by atomic mass is 10.00. The van der Waals surface area contributed by atoms with Crippen molar-refractivity contribution in [3.05, 3.63) is 98.0 Å². The molecule has 1 aliphatic heterocycles. The van der Waals surface area contributed by atoms with Crippen LogP contribution in [0.5, 0.6) is 0 Å². The van der Waals surface area contributed by atoms with Gasteiger partial charge in [-0.15, -0.1) is 0 Å². The summed E-state index contributed by atoms with van der Waals surface area (Å²) >= 11 is 24.9. The van der Waals surface area contributed by atoms with Crippen LogP contribution in [-0.4, -0.2) is 5.71 Å². The highest BCUT2D eigenvalue weighted by molar-refractivity contribution is 6.36. The summed E-state index contributed by atoms with van der Waals surface area (Å²) in [5, 5.41) is 6.00. The van der Waals surface area contributed by atoms with Gasteiger partial charge in [-0.05, 0) is 53.6 Å². The van der Waals surface area contributed by atoms with E-state index in [1.807, 2.05) is 60.7 Å². The molecule has 3 aromatic rings. The summed E-state index contributed by atoms with van der Waals surface area (Å²) in [4.78, 5) is 4.85. The van der Waals surface area contributed by atoms with Crippen molar-refractivity contribution in [1.29, 1.82) is 0 Å². The van der Waals surface area contributed by atoms with Gasteiger partial charge < -0.3 is 5.32 Å². The van der Waals surface area contributed by atoms with E-state index >= 15 is 0 Å². The van der Waals surface area contributed by atoms with Crippen molar-refractivity contribution in [3.63, 3.8) is 0 Å². The van der Waals surface area contributed by atoms with Crippen molar-refractivity contribution in [2.75, 3.05) is 5.32 Å². The molecule has 146 valence electrons. The molecule has 0 fully saturated rings. The number of hydrogen-bond donors (Lipinski definition) is 1. The Bertz CT molecular complexity index is 1120.